The lowest BCUT2D eigenvalue weighted by atomic mass is 10.1. The molecule has 0 aromatic heterocycles. The number of carbonyl (C=O) groups excluding carboxylic acids is 1. The zero-order valence-electron chi connectivity index (χ0n) is 7.04. The number of hydrogen-bond donors (Lipinski definition) is 0. The Bertz CT molecular complexity index is 279. The number of benzene rings is 1. The number of rotatable bonds is 2. The van der Waals surface area contributed by atoms with Gasteiger partial charge in [0.15, 0.2) is 0 Å². The Morgan fingerprint density at radius 1 is 1.58 bits per heavy atom. The molecule has 63 valence electrons. The number of hydrogen-bond acceptors (Lipinski definition) is 2. The van der Waals surface area contributed by atoms with Gasteiger partial charge in [0.2, 0.25) is 0 Å². The molecule has 0 aliphatic rings. The Kier molecular flexibility index (Phi) is 2.86. The van der Waals surface area contributed by atoms with Crippen LogP contribution in [0.15, 0.2) is 24.3 Å². The first kappa shape index (κ1) is 8.78. The van der Waals surface area contributed by atoms with Gasteiger partial charge >= 0.3 is 5.97 Å². The summed E-state index contributed by atoms with van der Waals surface area (Å²) in [5.74, 6) is -0.260. The van der Waals surface area contributed by atoms with Crippen LogP contribution in [0.4, 0.5) is 0 Å². The Balaban J connectivity index is 2.57. The second-order valence-electron chi connectivity index (χ2n) is 2.60. The molecule has 1 aromatic rings. The Hall–Kier alpha value is -1.31. The summed E-state index contributed by atoms with van der Waals surface area (Å²) < 4.78 is 4.82. The minimum absolute atomic E-state index is 0.260. The van der Waals surface area contributed by atoms with E-state index in [9.17, 15) is 4.79 Å². The van der Waals surface area contributed by atoms with Crippen molar-refractivity contribution < 1.29 is 9.53 Å². The standard InChI is InChI=1S/C10H11O2/c1-8-4-3-5-10(6-8)7-12-9(2)11/h3-6H,1,7H2,2H3. The summed E-state index contributed by atoms with van der Waals surface area (Å²) >= 11 is 0. The second kappa shape index (κ2) is 3.90. The van der Waals surface area contributed by atoms with Gasteiger partial charge in [0, 0.05) is 6.92 Å². The zero-order chi connectivity index (χ0) is 8.97. The Morgan fingerprint density at radius 2 is 2.33 bits per heavy atom. The molecule has 0 atom stereocenters. The number of esters is 1. The fourth-order valence-corrected chi connectivity index (χ4v) is 0.904. The van der Waals surface area contributed by atoms with E-state index in [0.29, 0.717) is 6.61 Å². The van der Waals surface area contributed by atoms with Crippen molar-refractivity contribution in [1.29, 1.82) is 0 Å². The van der Waals surface area contributed by atoms with Gasteiger partial charge in [-0.2, -0.15) is 0 Å². The first-order valence-electron chi connectivity index (χ1n) is 3.73. The van der Waals surface area contributed by atoms with E-state index in [0.717, 1.165) is 11.1 Å². The monoisotopic (exact) mass is 163 g/mol. The highest BCUT2D eigenvalue weighted by Crippen LogP contribution is 2.04. The Labute approximate surface area is 72.2 Å². The van der Waals surface area contributed by atoms with Crippen LogP contribution >= 0.6 is 0 Å². The van der Waals surface area contributed by atoms with Gasteiger partial charge in [0.25, 0.3) is 0 Å². The fraction of sp³-hybridized carbons (Fsp3) is 0.200. The second-order valence-corrected chi connectivity index (χ2v) is 2.60. The van der Waals surface area contributed by atoms with Crippen molar-refractivity contribution >= 4 is 5.97 Å². The smallest absolute Gasteiger partial charge is 0.302 e. The van der Waals surface area contributed by atoms with E-state index in [4.69, 9.17) is 4.74 Å². The highest BCUT2D eigenvalue weighted by atomic mass is 16.5. The quantitative estimate of drug-likeness (QED) is 0.623. The van der Waals surface area contributed by atoms with Gasteiger partial charge < -0.3 is 4.74 Å². The molecule has 0 spiro atoms. The molecule has 0 N–H and O–H groups in total. The van der Waals surface area contributed by atoms with E-state index in [1.165, 1.54) is 6.92 Å². The lowest BCUT2D eigenvalue weighted by Gasteiger charge is -2.01. The zero-order valence-corrected chi connectivity index (χ0v) is 7.04. The average molecular weight is 163 g/mol. The lowest BCUT2D eigenvalue weighted by molar-refractivity contribution is -0.142. The van der Waals surface area contributed by atoms with Gasteiger partial charge in [-0.05, 0) is 18.1 Å². The summed E-state index contributed by atoms with van der Waals surface area (Å²) in [7, 11) is 0. The van der Waals surface area contributed by atoms with Crippen LogP contribution < -0.4 is 0 Å². The molecule has 0 aliphatic carbocycles. The van der Waals surface area contributed by atoms with E-state index in [1.807, 2.05) is 24.3 Å². The van der Waals surface area contributed by atoms with Crippen LogP contribution in [-0.4, -0.2) is 5.97 Å². The van der Waals surface area contributed by atoms with Crippen molar-refractivity contribution in [2.45, 2.75) is 13.5 Å². The molecule has 0 saturated carbocycles. The maximum atomic E-state index is 10.5. The number of ether oxygens (including phenoxy) is 1. The highest BCUT2D eigenvalue weighted by Gasteiger charge is 1.95. The van der Waals surface area contributed by atoms with Crippen molar-refractivity contribution in [3.63, 3.8) is 0 Å². The molecule has 0 unspecified atom stereocenters. The minimum atomic E-state index is -0.260. The van der Waals surface area contributed by atoms with Gasteiger partial charge in [0.1, 0.15) is 6.61 Å². The van der Waals surface area contributed by atoms with E-state index in [-0.39, 0.29) is 5.97 Å². The average Bonchev–Trinajstić information content (AvgIpc) is 2.01. The van der Waals surface area contributed by atoms with Crippen molar-refractivity contribution in [3.05, 3.63) is 42.3 Å². The third-order valence-corrected chi connectivity index (χ3v) is 1.43. The molecule has 1 rings (SSSR count). The van der Waals surface area contributed by atoms with Crippen LogP contribution in [0.3, 0.4) is 0 Å². The van der Waals surface area contributed by atoms with Crippen LogP contribution in [0.5, 0.6) is 0 Å². The van der Waals surface area contributed by atoms with E-state index in [1.54, 1.807) is 0 Å². The maximum Gasteiger partial charge on any atom is 0.302 e. The molecule has 2 nitrogen and oxygen atoms in total. The summed E-state index contributed by atoms with van der Waals surface area (Å²) in [6.45, 7) is 5.50. The predicted octanol–water partition coefficient (Wildman–Crippen LogP) is 1.93. The minimum Gasteiger partial charge on any atom is -0.461 e. The van der Waals surface area contributed by atoms with Crippen LogP contribution in [0.2, 0.25) is 0 Å². The maximum absolute atomic E-state index is 10.5. The first-order valence-corrected chi connectivity index (χ1v) is 3.73. The molecular weight excluding hydrogens is 152 g/mol. The number of carbonyl (C=O) groups is 1. The third kappa shape index (κ3) is 2.74. The summed E-state index contributed by atoms with van der Waals surface area (Å²) in [6, 6.07) is 7.58. The molecule has 1 radical (unpaired) electrons. The lowest BCUT2D eigenvalue weighted by Crippen LogP contribution is -1.98. The molecule has 12 heavy (non-hydrogen) atoms. The molecule has 0 saturated heterocycles. The van der Waals surface area contributed by atoms with Crippen molar-refractivity contribution in [3.8, 4) is 0 Å². The van der Waals surface area contributed by atoms with Crippen LogP contribution in [0.1, 0.15) is 18.1 Å². The van der Waals surface area contributed by atoms with Gasteiger partial charge in [0.05, 0.1) is 0 Å². The van der Waals surface area contributed by atoms with Gasteiger partial charge in [-0.3, -0.25) is 4.79 Å². The highest BCUT2D eigenvalue weighted by molar-refractivity contribution is 5.65. The molecule has 0 amide bonds. The fourth-order valence-electron chi connectivity index (χ4n) is 0.904. The van der Waals surface area contributed by atoms with Gasteiger partial charge in [-0.25, -0.2) is 0 Å². The van der Waals surface area contributed by atoms with Crippen LogP contribution in [0.25, 0.3) is 0 Å². The van der Waals surface area contributed by atoms with Crippen LogP contribution in [-0.2, 0) is 16.1 Å². The summed E-state index contributed by atoms with van der Waals surface area (Å²) in [5, 5.41) is 0. The van der Waals surface area contributed by atoms with Crippen molar-refractivity contribution in [1.82, 2.24) is 0 Å². The first-order chi connectivity index (χ1) is 5.68. The van der Waals surface area contributed by atoms with E-state index in [2.05, 4.69) is 6.92 Å². The SMILES string of the molecule is [CH2]c1cccc(COC(C)=O)c1. The largest absolute Gasteiger partial charge is 0.461 e. The van der Waals surface area contributed by atoms with Crippen LogP contribution in [0, 0.1) is 6.92 Å². The third-order valence-electron chi connectivity index (χ3n) is 1.43. The molecular formula is C10H11O2. The van der Waals surface area contributed by atoms with Crippen molar-refractivity contribution in [2.24, 2.45) is 0 Å². The van der Waals surface area contributed by atoms with Gasteiger partial charge in [-0.15, -0.1) is 0 Å². The molecule has 0 bridgehead atoms. The molecule has 1 aromatic carbocycles. The summed E-state index contributed by atoms with van der Waals surface area (Å²) in [5.41, 5.74) is 1.90. The topological polar surface area (TPSA) is 26.3 Å². The van der Waals surface area contributed by atoms with E-state index < -0.39 is 0 Å². The molecule has 0 fully saturated rings. The normalized spacial score (nSPS) is 9.50. The Morgan fingerprint density at radius 3 is 2.92 bits per heavy atom. The van der Waals surface area contributed by atoms with E-state index >= 15 is 0 Å². The molecule has 2 heteroatoms. The van der Waals surface area contributed by atoms with Crippen molar-refractivity contribution in [2.75, 3.05) is 0 Å². The summed E-state index contributed by atoms with van der Waals surface area (Å²) in [6.07, 6.45) is 0. The predicted molar refractivity (Wildman–Crippen MR) is 46.4 cm³/mol. The van der Waals surface area contributed by atoms with Gasteiger partial charge in [-0.1, -0.05) is 24.3 Å². The molecule has 0 heterocycles. The molecule has 0 aliphatic heterocycles. The summed E-state index contributed by atoms with van der Waals surface area (Å²) in [4.78, 5) is 10.5.